The van der Waals surface area contributed by atoms with Crippen LogP contribution in [-0.2, 0) is 12.8 Å². The fourth-order valence-electron chi connectivity index (χ4n) is 3.19. The molecule has 0 unspecified atom stereocenters. The Hall–Kier alpha value is -2.61. The normalized spacial score (nSPS) is 11.1. The maximum absolute atomic E-state index is 12.8. The van der Waals surface area contributed by atoms with Gasteiger partial charge in [0, 0.05) is 17.5 Å². The molecule has 0 bridgehead atoms. The van der Waals surface area contributed by atoms with E-state index in [0.29, 0.717) is 18.1 Å². The summed E-state index contributed by atoms with van der Waals surface area (Å²) in [5, 5.41) is 0. The summed E-state index contributed by atoms with van der Waals surface area (Å²) in [6.07, 6.45) is 2.56. The number of hydrogen-bond acceptors (Lipinski definition) is 2. The lowest BCUT2D eigenvalue weighted by atomic mass is 9.94. The summed E-state index contributed by atoms with van der Waals surface area (Å²) >= 11 is 0. The van der Waals surface area contributed by atoms with Gasteiger partial charge in [-0.3, -0.25) is 0 Å². The molecule has 3 rings (SSSR count). The first-order chi connectivity index (χ1) is 12.5. The Balaban J connectivity index is 2.02. The molecule has 0 N–H and O–H groups in total. The zero-order valence-electron chi connectivity index (χ0n) is 15.8. The Morgan fingerprint density at radius 3 is 2.42 bits per heavy atom. The first kappa shape index (κ1) is 18.2. The Morgan fingerprint density at radius 2 is 1.73 bits per heavy atom. The van der Waals surface area contributed by atoms with Crippen LogP contribution >= 0.6 is 0 Å². The van der Waals surface area contributed by atoms with Gasteiger partial charge < -0.3 is 4.42 Å². The van der Waals surface area contributed by atoms with Crippen LogP contribution < -0.4 is 5.63 Å². The average molecular weight is 346 g/mol. The van der Waals surface area contributed by atoms with Crippen LogP contribution in [0, 0.1) is 12.8 Å². The monoisotopic (exact) mass is 346 g/mol. The molecule has 0 aliphatic heterocycles. The van der Waals surface area contributed by atoms with Gasteiger partial charge in [-0.2, -0.15) is 0 Å². The molecule has 0 fully saturated rings. The maximum atomic E-state index is 12.8. The molecule has 1 heterocycles. The molecule has 0 aliphatic rings. The summed E-state index contributed by atoms with van der Waals surface area (Å²) in [5.74, 6) is 1.25. The maximum Gasteiger partial charge on any atom is 0.340 e. The van der Waals surface area contributed by atoms with Crippen molar-refractivity contribution >= 4 is 0 Å². The van der Waals surface area contributed by atoms with E-state index in [2.05, 4.69) is 45.0 Å². The number of benzene rings is 2. The van der Waals surface area contributed by atoms with E-state index in [1.54, 1.807) is 0 Å². The fourth-order valence-corrected chi connectivity index (χ4v) is 3.19. The van der Waals surface area contributed by atoms with Crippen molar-refractivity contribution in [1.82, 2.24) is 0 Å². The fraction of sp³-hybridized carbons (Fsp3) is 0.292. The summed E-state index contributed by atoms with van der Waals surface area (Å²) in [7, 11) is 0. The Kier molecular flexibility index (Phi) is 5.72. The molecule has 0 amide bonds. The highest BCUT2D eigenvalue weighted by Gasteiger charge is 2.14. The van der Waals surface area contributed by atoms with Crippen molar-refractivity contribution in [2.24, 2.45) is 5.92 Å². The van der Waals surface area contributed by atoms with E-state index >= 15 is 0 Å². The molecule has 2 aromatic carbocycles. The van der Waals surface area contributed by atoms with Gasteiger partial charge in [0.1, 0.15) is 5.76 Å². The van der Waals surface area contributed by atoms with E-state index in [1.807, 2.05) is 36.4 Å². The highest BCUT2D eigenvalue weighted by atomic mass is 16.4. The van der Waals surface area contributed by atoms with Crippen LogP contribution in [0.25, 0.3) is 11.3 Å². The zero-order valence-corrected chi connectivity index (χ0v) is 15.8. The minimum Gasteiger partial charge on any atom is -0.423 e. The van der Waals surface area contributed by atoms with Gasteiger partial charge in [-0.15, -0.1) is 0 Å². The molecule has 0 spiro atoms. The third kappa shape index (κ3) is 4.51. The molecule has 0 saturated carbocycles. The van der Waals surface area contributed by atoms with Crippen LogP contribution in [0.4, 0.5) is 0 Å². The van der Waals surface area contributed by atoms with E-state index in [9.17, 15) is 4.79 Å². The van der Waals surface area contributed by atoms with E-state index in [1.165, 1.54) is 5.56 Å². The number of rotatable bonds is 6. The summed E-state index contributed by atoms with van der Waals surface area (Å²) in [6.45, 7) is 6.50. The summed E-state index contributed by atoms with van der Waals surface area (Å²) in [6, 6.07) is 20.2. The zero-order chi connectivity index (χ0) is 18.5. The van der Waals surface area contributed by atoms with Gasteiger partial charge in [-0.25, -0.2) is 4.79 Å². The third-order valence-electron chi connectivity index (χ3n) is 4.65. The van der Waals surface area contributed by atoms with Gasteiger partial charge in [0.15, 0.2) is 0 Å². The molecule has 0 saturated heterocycles. The highest BCUT2D eigenvalue weighted by molar-refractivity contribution is 5.58. The SMILES string of the molecule is Cc1cccc(Cc2c(CCC(C)C)cc(-c3ccccc3)oc2=O)c1. The average Bonchev–Trinajstić information content (AvgIpc) is 2.62. The van der Waals surface area contributed by atoms with Gasteiger partial charge in [0.05, 0.1) is 0 Å². The second-order valence-electron chi connectivity index (χ2n) is 7.37. The molecule has 0 atom stereocenters. The minimum absolute atomic E-state index is 0.216. The second-order valence-corrected chi connectivity index (χ2v) is 7.37. The predicted molar refractivity (Wildman–Crippen MR) is 108 cm³/mol. The molecule has 2 nitrogen and oxygen atoms in total. The van der Waals surface area contributed by atoms with Crippen LogP contribution in [0.15, 0.2) is 69.9 Å². The summed E-state index contributed by atoms with van der Waals surface area (Å²) < 4.78 is 5.69. The third-order valence-corrected chi connectivity index (χ3v) is 4.65. The summed E-state index contributed by atoms with van der Waals surface area (Å²) in [5.41, 5.74) is 4.97. The van der Waals surface area contributed by atoms with Gasteiger partial charge in [-0.05, 0) is 42.9 Å². The lowest BCUT2D eigenvalue weighted by Gasteiger charge is -2.12. The van der Waals surface area contributed by atoms with Crippen molar-refractivity contribution in [2.75, 3.05) is 0 Å². The van der Waals surface area contributed by atoms with E-state index < -0.39 is 0 Å². The van der Waals surface area contributed by atoms with E-state index in [-0.39, 0.29) is 5.63 Å². The van der Waals surface area contributed by atoms with Crippen molar-refractivity contribution in [3.63, 3.8) is 0 Å². The van der Waals surface area contributed by atoms with Crippen LogP contribution in [0.2, 0.25) is 0 Å². The van der Waals surface area contributed by atoms with Gasteiger partial charge in [-0.1, -0.05) is 74.0 Å². The van der Waals surface area contributed by atoms with Crippen LogP contribution in [-0.4, -0.2) is 0 Å². The van der Waals surface area contributed by atoms with Crippen molar-refractivity contribution in [1.29, 1.82) is 0 Å². The molecular formula is C24H26O2. The Labute approximate surface area is 155 Å². The lowest BCUT2D eigenvalue weighted by Crippen LogP contribution is -2.13. The van der Waals surface area contributed by atoms with Crippen molar-refractivity contribution < 1.29 is 4.42 Å². The van der Waals surface area contributed by atoms with Gasteiger partial charge >= 0.3 is 5.63 Å². The van der Waals surface area contributed by atoms with Crippen LogP contribution in [0.5, 0.6) is 0 Å². The van der Waals surface area contributed by atoms with Crippen molar-refractivity contribution in [3.8, 4) is 11.3 Å². The summed E-state index contributed by atoms with van der Waals surface area (Å²) in [4.78, 5) is 12.8. The van der Waals surface area contributed by atoms with Gasteiger partial charge in [0.2, 0.25) is 0 Å². The molecule has 26 heavy (non-hydrogen) atoms. The van der Waals surface area contributed by atoms with E-state index in [0.717, 1.165) is 35.1 Å². The van der Waals surface area contributed by atoms with Crippen LogP contribution in [0.1, 0.15) is 42.5 Å². The van der Waals surface area contributed by atoms with Crippen molar-refractivity contribution in [3.05, 3.63) is 93.3 Å². The van der Waals surface area contributed by atoms with Gasteiger partial charge in [0.25, 0.3) is 0 Å². The number of aryl methyl sites for hydroxylation is 2. The molecule has 0 radical (unpaired) electrons. The van der Waals surface area contributed by atoms with Crippen molar-refractivity contribution in [2.45, 2.75) is 40.0 Å². The Bertz CT molecular complexity index is 920. The number of hydrogen-bond donors (Lipinski definition) is 0. The standard InChI is InChI=1S/C24H26O2/c1-17(2)12-13-21-16-23(20-10-5-4-6-11-20)26-24(25)22(21)15-19-9-7-8-18(3)14-19/h4-11,14,16-17H,12-13,15H2,1-3H3. The second kappa shape index (κ2) is 8.18. The molecule has 134 valence electrons. The first-order valence-corrected chi connectivity index (χ1v) is 9.30. The Morgan fingerprint density at radius 1 is 0.962 bits per heavy atom. The first-order valence-electron chi connectivity index (χ1n) is 9.30. The quantitative estimate of drug-likeness (QED) is 0.565. The minimum atomic E-state index is -0.216. The predicted octanol–water partition coefficient (Wildman–Crippen LogP) is 5.79. The van der Waals surface area contributed by atoms with E-state index in [4.69, 9.17) is 4.42 Å². The molecule has 0 aliphatic carbocycles. The smallest absolute Gasteiger partial charge is 0.340 e. The lowest BCUT2D eigenvalue weighted by molar-refractivity contribution is 0.510. The highest BCUT2D eigenvalue weighted by Crippen LogP contribution is 2.23. The topological polar surface area (TPSA) is 30.2 Å². The molecule has 3 aromatic rings. The molecular weight excluding hydrogens is 320 g/mol. The largest absolute Gasteiger partial charge is 0.423 e. The van der Waals surface area contributed by atoms with Crippen LogP contribution in [0.3, 0.4) is 0 Å². The molecule has 1 aromatic heterocycles. The molecule has 2 heteroatoms.